The van der Waals surface area contributed by atoms with E-state index in [1.165, 1.54) is 12.1 Å². The fourth-order valence-electron chi connectivity index (χ4n) is 1.31. The van der Waals surface area contributed by atoms with Crippen LogP contribution in [0, 0.1) is 11.6 Å². The molecule has 0 atom stereocenters. The van der Waals surface area contributed by atoms with Crippen LogP contribution in [0.5, 0.6) is 11.5 Å². The van der Waals surface area contributed by atoms with Crippen molar-refractivity contribution in [1.82, 2.24) is 0 Å². The molecule has 0 amide bonds. The molecule has 0 saturated carbocycles. The van der Waals surface area contributed by atoms with Crippen molar-refractivity contribution in [2.75, 3.05) is 5.73 Å². The van der Waals surface area contributed by atoms with Gasteiger partial charge in [0.25, 0.3) is 0 Å². The van der Waals surface area contributed by atoms with Crippen molar-refractivity contribution < 1.29 is 13.5 Å². The van der Waals surface area contributed by atoms with Gasteiger partial charge in [-0.2, -0.15) is 0 Å². The Hall–Kier alpha value is -1.52. The average Bonchev–Trinajstić information content (AvgIpc) is 2.30. The number of hydrogen-bond donors (Lipinski definition) is 1. The molecule has 2 N–H and O–H groups in total. The standard InChI is InChI=1S/C12H7Cl2F2NO/c13-7-4-10(17)12(5-8(7)14)18-11-3-6(15)1-2-9(11)16/h1-5H,17H2. The fraction of sp³-hybridized carbons (Fsp3) is 0. The normalized spacial score (nSPS) is 10.4. The van der Waals surface area contributed by atoms with Crippen LogP contribution in [-0.2, 0) is 0 Å². The quantitative estimate of drug-likeness (QED) is 0.817. The van der Waals surface area contributed by atoms with Crippen molar-refractivity contribution in [2.24, 2.45) is 0 Å². The van der Waals surface area contributed by atoms with Crippen molar-refractivity contribution in [3.05, 3.63) is 52.0 Å². The van der Waals surface area contributed by atoms with Gasteiger partial charge in [-0.25, -0.2) is 8.78 Å². The molecule has 0 spiro atoms. The van der Waals surface area contributed by atoms with E-state index in [-0.39, 0.29) is 27.2 Å². The van der Waals surface area contributed by atoms with Crippen LogP contribution in [0.25, 0.3) is 0 Å². The molecule has 0 aliphatic rings. The Morgan fingerprint density at radius 3 is 2.33 bits per heavy atom. The zero-order chi connectivity index (χ0) is 13.3. The third kappa shape index (κ3) is 2.66. The van der Waals surface area contributed by atoms with Crippen molar-refractivity contribution in [3.63, 3.8) is 0 Å². The lowest BCUT2D eigenvalue weighted by Crippen LogP contribution is -1.95. The number of anilines is 1. The van der Waals surface area contributed by atoms with Gasteiger partial charge in [0, 0.05) is 12.1 Å². The Kier molecular flexibility index (Phi) is 3.59. The minimum Gasteiger partial charge on any atom is -0.452 e. The molecular formula is C12H7Cl2F2NO. The van der Waals surface area contributed by atoms with Gasteiger partial charge < -0.3 is 10.5 Å². The first-order valence-electron chi connectivity index (χ1n) is 4.85. The van der Waals surface area contributed by atoms with E-state index in [0.717, 1.165) is 18.2 Å². The summed E-state index contributed by atoms with van der Waals surface area (Å²) in [4.78, 5) is 0. The van der Waals surface area contributed by atoms with Gasteiger partial charge in [0.15, 0.2) is 17.3 Å². The van der Waals surface area contributed by atoms with Gasteiger partial charge in [0.2, 0.25) is 0 Å². The summed E-state index contributed by atoms with van der Waals surface area (Å²) in [7, 11) is 0. The molecule has 0 fully saturated rings. The first-order valence-corrected chi connectivity index (χ1v) is 5.60. The summed E-state index contributed by atoms with van der Waals surface area (Å²) in [6.45, 7) is 0. The number of hydrogen-bond acceptors (Lipinski definition) is 2. The Balaban J connectivity index is 2.40. The summed E-state index contributed by atoms with van der Waals surface area (Å²) in [6.07, 6.45) is 0. The minimum atomic E-state index is -0.707. The lowest BCUT2D eigenvalue weighted by atomic mass is 10.3. The second-order valence-corrected chi connectivity index (χ2v) is 4.30. The number of rotatable bonds is 2. The molecule has 0 aromatic heterocycles. The van der Waals surface area contributed by atoms with Crippen LogP contribution in [0.4, 0.5) is 14.5 Å². The third-order valence-corrected chi connectivity index (χ3v) is 2.89. The molecule has 2 nitrogen and oxygen atoms in total. The summed E-state index contributed by atoms with van der Waals surface area (Å²) < 4.78 is 31.5. The molecule has 0 radical (unpaired) electrons. The Morgan fingerprint density at radius 2 is 1.61 bits per heavy atom. The van der Waals surface area contributed by atoms with Crippen LogP contribution in [0.3, 0.4) is 0 Å². The second-order valence-electron chi connectivity index (χ2n) is 3.48. The van der Waals surface area contributed by atoms with Crippen LogP contribution < -0.4 is 10.5 Å². The van der Waals surface area contributed by atoms with Gasteiger partial charge in [-0.1, -0.05) is 23.2 Å². The van der Waals surface area contributed by atoms with E-state index in [0.29, 0.717) is 0 Å². The van der Waals surface area contributed by atoms with Gasteiger partial charge in [-0.3, -0.25) is 0 Å². The molecule has 0 saturated heterocycles. The van der Waals surface area contributed by atoms with E-state index in [2.05, 4.69) is 0 Å². The highest BCUT2D eigenvalue weighted by molar-refractivity contribution is 6.42. The molecule has 0 bridgehead atoms. The Morgan fingerprint density at radius 1 is 0.944 bits per heavy atom. The third-order valence-electron chi connectivity index (χ3n) is 2.17. The highest BCUT2D eigenvalue weighted by atomic mass is 35.5. The molecule has 18 heavy (non-hydrogen) atoms. The molecule has 0 aliphatic carbocycles. The van der Waals surface area contributed by atoms with Gasteiger partial charge in [-0.05, 0) is 18.2 Å². The van der Waals surface area contributed by atoms with Gasteiger partial charge in [-0.15, -0.1) is 0 Å². The minimum absolute atomic E-state index is 0.105. The van der Waals surface area contributed by atoms with Crippen LogP contribution in [0.2, 0.25) is 10.0 Å². The van der Waals surface area contributed by atoms with Crippen LogP contribution in [-0.4, -0.2) is 0 Å². The van der Waals surface area contributed by atoms with E-state index in [1.807, 2.05) is 0 Å². The number of halogens is 4. The van der Waals surface area contributed by atoms with Crippen LogP contribution in [0.1, 0.15) is 0 Å². The number of nitrogens with two attached hydrogens (primary N) is 1. The van der Waals surface area contributed by atoms with E-state index >= 15 is 0 Å². The zero-order valence-electron chi connectivity index (χ0n) is 8.88. The summed E-state index contributed by atoms with van der Waals surface area (Å²) in [5.41, 5.74) is 5.82. The van der Waals surface area contributed by atoms with Crippen molar-refractivity contribution in [2.45, 2.75) is 0 Å². The number of ether oxygens (including phenoxy) is 1. The Bertz CT molecular complexity index is 605. The largest absolute Gasteiger partial charge is 0.452 e. The SMILES string of the molecule is Nc1cc(Cl)c(Cl)cc1Oc1cc(F)ccc1F. The average molecular weight is 290 g/mol. The van der Waals surface area contributed by atoms with Crippen molar-refractivity contribution in [1.29, 1.82) is 0 Å². The van der Waals surface area contributed by atoms with Crippen molar-refractivity contribution >= 4 is 28.9 Å². The smallest absolute Gasteiger partial charge is 0.166 e. The van der Waals surface area contributed by atoms with Gasteiger partial charge in [0.1, 0.15) is 5.82 Å². The molecule has 0 aliphatic heterocycles. The topological polar surface area (TPSA) is 35.2 Å². The predicted molar refractivity (Wildman–Crippen MR) is 67.3 cm³/mol. The second kappa shape index (κ2) is 5.00. The molecule has 94 valence electrons. The molecule has 2 aromatic carbocycles. The highest BCUT2D eigenvalue weighted by Crippen LogP contribution is 2.35. The lowest BCUT2D eigenvalue weighted by molar-refractivity contribution is 0.438. The summed E-state index contributed by atoms with van der Waals surface area (Å²) in [5, 5.41) is 0.457. The van der Waals surface area contributed by atoms with Crippen LogP contribution >= 0.6 is 23.2 Å². The summed E-state index contributed by atoms with van der Waals surface area (Å²) in [5.74, 6) is -1.50. The molecular weight excluding hydrogens is 283 g/mol. The zero-order valence-corrected chi connectivity index (χ0v) is 10.4. The lowest BCUT2D eigenvalue weighted by Gasteiger charge is -2.10. The predicted octanol–water partition coefficient (Wildman–Crippen LogP) is 4.65. The fourth-order valence-corrected chi connectivity index (χ4v) is 1.63. The van der Waals surface area contributed by atoms with Gasteiger partial charge >= 0.3 is 0 Å². The molecule has 0 unspecified atom stereocenters. The maximum atomic E-state index is 13.4. The summed E-state index contributed by atoms with van der Waals surface area (Å²) in [6, 6.07) is 5.57. The van der Waals surface area contributed by atoms with E-state index in [4.69, 9.17) is 33.7 Å². The van der Waals surface area contributed by atoms with Crippen molar-refractivity contribution in [3.8, 4) is 11.5 Å². The molecule has 0 heterocycles. The highest BCUT2D eigenvalue weighted by Gasteiger charge is 2.11. The first kappa shape index (κ1) is 12.9. The first-order chi connectivity index (χ1) is 8.47. The molecule has 2 aromatic rings. The van der Waals surface area contributed by atoms with E-state index in [9.17, 15) is 8.78 Å². The number of benzene rings is 2. The Labute approximate surface area is 112 Å². The van der Waals surface area contributed by atoms with Gasteiger partial charge in [0.05, 0.1) is 15.7 Å². The van der Waals surface area contributed by atoms with Crippen LogP contribution in [0.15, 0.2) is 30.3 Å². The van der Waals surface area contributed by atoms with E-state index < -0.39 is 11.6 Å². The maximum absolute atomic E-state index is 13.4. The monoisotopic (exact) mass is 289 g/mol. The number of nitrogen functional groups attached to an aromatic ring is 1. The van der Waals surface area contributed by atoms with E-state index in [1.54, 1.807) is 0 Å². The molecule has 2 rings (SSSR count). The maximum Gasteiger partial charge on any atom is 0.166 e. The molecule has 6 heteroatoms. The summed E-state index contributed by atoms with van der Waals surface area (Å²) >= 11 is 11.5.